The largest absolute Gasteiger partial charge is 0.507 e. The molecule has 0 radical (unpaired) electrons. The molecule has 9 heteroatoms. The number of hydrogen-bond acceptors (Lipinski definition) is 6. The van der Waals surface area contributed by atoms with Gasteiger partial charge in [0.25, 0.3) is 0 Å². The number of likely N-dealkylation sites (tertiary alicyclic amines) is 1. The standard InChI is InChI=1S/C22H25N7O.ClH/c1-22(2)14-17(7-9-27(22)3)28-10-6-15-12-19(24-25-21(15)28)18-5-4-16(13-20(18)30)29-11-8-23-26-29;/h4-6,8,10-13,17,30H,7,9,14H2,1-3H3;1H. The van der Waals surface area contributed by atoms with Crippen LogP contribution in [0.4, 0.5) is 0 Å². The molecular weight excluding hydrogens is 414 g/mol. The maximum atomic E-state index is 10.6. The number of rotatable bonds is 3. The Morgan fingerprint density at radius 1 is 1.10 bits per heavy atom. The molecule has 5 rings (SSSR count). The van der Waals surface area contributed by atoms with Crippen LogP contribution in [0.15, 0.2) is 48.9 Å². The Bertz CT molecular complexity index is 1200. The number of fused-ring (bicyclic) bond motifs is 1. The zero-order chi connectivity index (χ0) is 20.9. The lowest BCUT2D eigenvalue weighted by atomic mass is 9.87. The van der Waals surface area contributed by atoms with Crippen LogP contribution in [0.25, 0.3) is 28.0 Å². The average molecular weight is 440 g/mol. The number of benzene rings is 1. The van der Waals surface area contributed by atoms with Crippen LogP contribution >= 0.6 is 12.4 Å². The lowest BCUT2D eigenvalue weighted by molar-refractivity contribution is 0.0769. The summed E-state index contributed by atoms with van der Waals surface area (Å²) in [5.41, 5.74) is 3.07. The van der Waals surface area contributed by atoms with Crippen molar-refractivity contribution >= 4 is 23.4 Å². The zero-order valence-corrected chi connectivity index (χ0v) is 18.6. The van der Waals surface area contributed by atoms with Gasteiger partial charge in [-0.2, -0.15) is 0 Å². The molecule has 0 amide bonds. The molecule has 1 aliphatic heterocycles. The third-order valence-corrected chi connectivity index (χ3v) is 6.37. The molecule has 1 saturated heterocycles. The Labute approximate surface area is 186 Å². The lowest BCUT2D eigenvalue weighted by Gasteiger charge is -2.44. The summed E-state index contributed by atoms with van der Waals surface area (Å²) in [5.74, 6) is 0.133. The van der Waals surface area contributed by atoms with Gasteiger partial charge >= 0.3 is 0 Å². The summed E-state index contributed by atoms with van der Waals surface area (Å²) in [5, 5.41) is 28.3. The van der Waals surface area contributed by atoms with Crippen LogP contribution in [0.5, 0.6) is 5.75 Å². The molecule has 0 aliphatic carbocycles. The molecule has 1 aromatic carbocycles. The predicted molar refractivity (Wildman–Crippen MR) is 122 cm³/mol. The number of phenolic OH excluding ortho intramolecular Hbond substituents is 1. The number of hydrogen-bond donors (Lipinski definition) is 1. The highest BCUT2D eigenvalue weighted by molar-refractivity contribution is 5.85. The van der Waals surface area contributed by atoms with Crippen molar-refractivity contribution in [1.82, 2.24) is 34.7 Å². The molecule has 1 unspecified atom stereocenters. The summed E-state index contributed by atoms with van der Waals surface area (Å²) >= 11 is 0. The molecule has 0 spiro atoms. The fourth-order valence-electron chi connectivity index (χ4n) is 4.32. The minimum Gasteiger partial charge on any atom is -0.507 e. The topological polar surface area (TPSA) is 84.9 Å². The molecule has 1 N–H and O–H groups in total. The van der Waals surface area contributed by atoms with Crippen LogP contribution in [-0.2, 0) is 0 Å². The molecule has 0 bridgehead atoms. The Morgan fingerprint density at radius 3 is 2.65 bits per heavy atom. The second-order valence-electron chi connectivity index (χ2n) is 8.66. The fraction of sp³-hybridized carbons (Fsp3) is 0.364. The quantitative estimate of drug-likeness (QED) is 0.522. The second-order valence-corrected chi connectivity index (χ2v) is 8.66. The van der Waals surface area contributed by atoms with Crippen molar-refractivity contribution in [3.8, 4) is 22.7 Å². The van der Waals surface area contributed by atoms with Crippen molar-refractivity contribution in [3.05, 3.63) is 48.9 Å². The number of aromatic hydroxyl groups is 1. The molecule has 4 aromatic rings. The van der Waals surface area contributed by atoms with E-state index in [-0.39, 0.29) is 23.7 Å². The Hall–Kier alpha value is -2.97. The number of piperidine rings is 1. The van der Waals surface area contributed by atoms with E-state index in [0.29, 0.717) is 17.3 Å². The van der Waals surface area contributed by atoms with Gasteiger partial charge < -0.3 is 14.6 Å². The van der Waals surface area contributed by atoms with Gasteiger partial charge in [-0.05, 0) is 58.0 Å². The van der Waals surface area contributed by atoms with Gasteiger partial charge in [-0.3, -0.25) is 0 Å². The van der Waals surface area contributed by atoms with Crippen molar-refractivity contribution in [2.45, 2.75) is 38.3 Å². The summed E-state index contributed by atoms with van der Waals surface area (Å²) in [4.78, 5) is 2.42. The van der Waals surface area contributed by atoms with E-state index in [1.165, 1.54) is 0 Å². The van der Waals surface area contributed by atoms with Crippen LogP contribution in [0.3, 0.4) is 0 Å². The SMILES string of the molecule is CN1CCC(n2ccc3cc(-c4ccc(-n5ccnn5)cc4O)nnc32)CC1(C)C.Cl. The number of halogens is 1. The molecule has 1 atom stereocenters. The van der Waals surface area contributed by atoms with Crippen LogP contribution in [0, 0.1) is 0 Å². The van der Waals surface area contributed by atoms with Gasteiger partial charge in [0, 0.05) is 41.3 Å². The van der Waals surface area contributed by atoms with E-state index in [1.54, 1.807) is 23.1 Å². The van der Waals surface area contributed by atoms with Gasteiger partial charge in [0.2, 0.25) is 0 Å². The van der Waals surface area contributed by atoms with Crippen LogP contribution < -0.4 is 0 Å². The molecule has 162 valence electrons. The molecular formula is C22H26ClN7O. The normalized spacial score (nSPS) is 18.7. The van der Waals surface area contributed by atoms with Crippen LogP contribution in [-0.4, -0.2) is 58.9 Å². The maximum Gasteiger partial charge on any atom is 0.162 e. The maximum absolute atomic E-state index is 10.6. The first kappa shape index (κ1) is 21.3. The highest BCUT2D eigenvalue weighted by Crippen LogP contribution is 2.36. The highest BCUT2D eigenvalue weighted by Gasteiger charge is 2.33. The number of aromatic nitrogens is 6. The van der Waals surface area contributed by atoms with Gasteiger partial charge in [-0.15, -0.1) is 27.7 Å². The Kier molecular flexibility index (Phi) is 5.45. The Morgan fingerprint density at radius 2 is 1.94 bits per heavy atom. The van der Waals surface area contributed by atoms with Crippen molar-refractivity contribution in [2.24, 2.45) is 0 Å². The molecule has 1 aliphatic rings. The fourth-order valence-corrected chi connectivity index (χ4v) is 4.32. The molecule has 4 heterocycles. The van der Waals surface area contributed by atoms with E-state index in [9.17, 15) is 5.11 Å². The monoisotopic (exact) mass is 439 g/mol. The van der Waals surface area contributed by atoms with Crippen molar-refractivity contribution in [3.63, 3.8) is 0 Å². The summed E-state index contributed by atoms with van der Waals surface area (Å²) in [6, 6.07) is 9.84. The van der Waals surface area contributed by atoms with E-state index in [0.717, 1.165) is 36.1 Å². The molecule has 3 aromatic heterocycles. The first-order valence-electron chi connectivity index (χ1n) is 10.2. The molecule has 31 heavy (non-hydrogen) atoms. The summed E-state index contributed by atoms with van der Waals surface area (Å²) in [7, 11) is 2.19. The van der Waals surface area contributed by atoms with E-state index >= 15 is 0 Å². The smallest absolute Gasteiger partial charge is 0.162 e. The van der Waals surface area contributed by atoms with Crippen molar-refractivity contribution in [2.75, 3.05) is 13.6 Å². The first-order chi connectivity index (χ1) is 14.4. The van der Waals surface area contributed by atoms with E-state index < -0.39 is 0 Å². The molecule has 0 saturated carbocycles. The summed E-state index contributed by atoms with van der Waals surface area (Å²) in [6.45, 7) is 5.65. The third-order valence-electron chi connectivity index (χ3n) is 6.37. The van der Waals surface area contributed by atoms with Gasteiger partial charge in [0.05, 0.1) is 23.8 Å². The summed E-state index contributed by atoms with van der Waals surface area (Å²) < 4.78 is 3.86. The van der Waals surface area contributed by atoms with Crippen molar-refractivity contribution < 1.29 is 5.11 Å². The van der Waals surface area contributed by atoms with Gasteiger partial charge in [0.15, 0.2) is 5.65 Å². The predicted octanol–water partition coefficient (Wildman–Crippen LogP) is 3.85. The first-order valence-corrected chi connectivity index (χ1v) is 10.2. The number of nitrogens with zero attached hydrogens (tertiary/aromatic N) is 7. The summed E-state index contributed by atoms with van der Waals surface area (Å²) in [6.07, 6.45) is 7.61. The lowest BCUT2D eigenvalue weighted by Crippen LogP contribution is -2.47. The second kappa shape index (κ2) is 7.94. The zero-order valence-electron chi connectivity index (χ0n) is 17.8. The molecule has 1 fully saturated rings. The Balaban J connectivity index is 0.00000231. The molecule has 8 nitrogen and oxygen atoms in total. The highest BCUT2D eigenvalue weighted by atomic mass is 35.5. The minimum atomic E-state index is 0. The van der Waals surface area contributed by atoms with Gasteiger partial charge in [-0.1, -0.05) is 5.21 Å². The van der Waals surface area contributed by atoms with Crippen LogP contribution in [0.1, 0.15) is 32.7 Å². The van der Waals surface area contributed by atoms with E-state index in [4.69, 9.17) is 0 Å². The average Bonchev–Trinajstić information content (AvgIpc) is 3.39. The number of phenols is 1. The third kappa shape index (κ3) is 3.77. The van der Waals surface area contributed by atoms with Gasteiger partial charge in [-0.25, -0.2) is 4.68 Å². The van der Waals surface area contributed by atoms with E-state index in [1.807, 2.05) is 18.2 Å². The van der Waals surface area contributed by atoms with Gasteiger partial charge in [0.1, 0.15) is 5.75 Å². The van der Waals surface area contributed by atoms with Crippen LogP contribution in [0.2, 0.25) is 0 Å². The minimum absolute atomic E-state index is 0. The van der Waals surface area contributed by atoms with E-state index in [2.05, 4.69) is 63.1 Å². The van der Waals surface area contributed by atoms with Crippen molar-refractivity contribution in [1.29, 1.82) is 0 Å².